The van der Waals surface area contributed by atoms with Crippen LogP contribution in [-0.2, 0) is 4.79 Å². The Morgan fingerprint density at radius 1 is 0.875 bits per heavy atom. The van der Waals surface area contributed by atoms with Gasteiger partial charge in [0.1, 0.15) is 0 Å². The summed E-state index contributed by atoms with van der Waals surface area (Å²) < 4.78 is 0. The smallest absolute Gasteiger partial charge is 0.221 e. The SMILES string of the molecule is CC(=O)Nc1ccccc1-c1cc(Cl)ccc1-c1ccccc1S. The Balaban J connectivity index is 2.24. The van der Waals surface area contributed by atoms with Crippen LogP contribution in [0.5, 0.6) is 0 Å². The lowest BCUT2D eigenvalue weighted by atomic mass is 9.93. The molecule has 24 heavy (non-hydrogen) atoms. The number of para-hydroxylation sites is 1. The zero-order valence-corrected chi connectivity index (χ0v) is 14.7. The second-order valence-corrected chi connectivity index (χ2v) is 6.35. The molecule has 3 rings (SSSR count). The van der Waals surface area contributed by atoms with Gasteiger partial charge in [0.25, 0.3) is 0 Å². The maximum atomic E-state index is 11.5. The number of anilines is 1. The Kier molecular flexibility index (Phi) is 4.93. The molecule has 0 spiro atoms. The van der Waals surface area contributed by atoms with Gasteiger partial charge in [-0.15, -0.1) is 12.6 Å². The first-order valence-electron chi connectivity index (χ1n) is 7.51. The van der Waals surface area contributed by atoms with Crippen LogP contribution in [0.2, 0.25) is 5.02 Å². The first-order chi connectivity index (χ1) is 11.6. The van der Waals surface area contributed by atoms with Crippen molar-refractivity contribution in [1.82, 2.24) is 0 Å². The monoisotopic (exact) mass is 353 g/mol. The third-order valence-electron chi connectivity index (χ3n) is 3.70. The number of hydrogen-bond donors (Lipinski definition) is 2. The summed E-state index contributed by atoms with van der Waals surface area (Å²) in [6, 6.07) is 21.4. The summed E-state index contributed by atoms with van der Waals surface area (Å²) >= 11 is 10.8. The molecule has 0 atom stereocenters. The average Bonchev–Trinajstić information content (AvgIpc) is 2.56. The number of carbonyl (C=O) groups is 1. The van der Waals surface area contributed by atoms with E-state index >= 15 is 0 Å². The second kappa shape index (κ2) is 7.12. The molecule has 4 heteroatoms. The van der Waals surface area contributed by atoms with E-state index in [1.165, 1.54) is 6.92 Å². The summed E-state index contributed by atoms with van der Waals surface area (Å²) in [5.74, 6) is -0.111. The highest BCUT2D eigenvalue weighted by Gasteiger charge is 2.13. The van der Waals surface area contributed by atoms with Crippen LogP contribution in [0.1, 0.15) is 6.92 Å². The fraction of sp³-hybridized carbons (Fsp3) is 0.0500. The molecule has 0 heterocycles. The molecule has 0 radical (unpaired) electrons. The van der Waals surface area contributed by atoms with E-state index in [1.807, 2.05) is 66.7 Å². The number of hydrogen-bond acceptors (Lipinski definition) is 2. The van der Waals surface area contributed by atoms with Gasteiger partial charge < -0.3 is 5.32 Å². The van der Waals surface area contributed by atoms with E-state index < -0.39 is 0 Å². The van der Waals surface area contributed by atoms with Crippen molar-refractivity contribution in [3.63, 3.8) is 0 Å². The van der Waals surface area contributed by atoms with Crippen molar-refractivity contribution in [1.29, 1.82) is 0 Å². The normalized spacial score (nSPS) is 10.5. The molecule has 0 aliphatic rings. The van der Waals surface area contributed by atoms with Crippen molar-refractivity contribution in [2.45, 2.75) is 11.8 Å². The van der Waals surface area contributed by atoms with Crippen molar-refractivity contribution in [3.8, 4) is 22.3 Å². The largest absolute Gasteiger partial charge is 0.326 e. The molecule has 1 amide bonds. The molecular formula is C20H16ClNOS. The van der Waals surface area contributed by atoms with Crippen molar-refractivity contribution in [2.75, 3.05) is 5.32 Å². The summed E-state index contributed by atoms with van der Waals surface area (Å²) in [5, 5.41) is 3.53. The number of amides is 1. The highest BCUT2D eigenvalue weighted by molar-refractivity contribution is 7.80. The quantitative estimate of drug-likeness (QED) is 0.562. The molecule has 2 nitrogen and oxygen atoms in total. The zero-order chi connectivity index (χ0) is 17.1. The van der Waals surface area contributed by atoms with E-state index in [1.54, 1.807) is 0 Å². The van der Waals surface area contributed by atoms with Crippen LogP contribution < -0.4 is 5.32 Å². The zero-order valence-electron chi connectivity index (χ0n) is 13.1. The van der Waals surface area contributed by atoms with Crippen LogP contribution in [-0.4, -0.2) is 5.91 Å². The first-order valence-corrected chi connectivity index (χ1v) is 8.33. The molecular weight excluding hydrogens is 338 g/mol. The predicted octanol–water partition coefficient (Wildman–Crippen LogP) is 5.92. The summed E-state index contributed by atoms with van der Waals surface area (Å²) in [4.78, 5) is 12.4. The minimum absolute atomic E-state index is 0.111. The maximum absolute atomic E-state index is 11.5. The molecule has 0 aliphatic carbocycles. The van der Waals surface area contributed by atoms with Gasteiger partial charge >= 0.3 is 0 Å². The van der Waals surface area contributed by atoms with Crippen LogP contribution in [0.3, 0.4) is 0 Å². The number of thiol groups is 1. The van der Waals surface area contributed by atoms with E-state index in [9.17, 15) is 4.79 Å². The Labute approximate surface area is 151 Å². The Hall–Kier alpha value is -2.23. The van der Waals surface area contributed by atoms with Gasteiger partial charge in [0.05, 0.1) is 0 Å². The van der Waals surface area contributed by atoms with Crippen molar-refractivity contribution < 1.29 is 4.79 Å². The van der Waals surface area contributed by atoms with Crippen LogP contribution >= 0.6 is 24.2 Å². The molecule has 0 aliphatic heterocycles. The number of rotatable bonds is 3. The number of benzene rings is 3. The van der Waals surface area contributed by atoms with Crippen LogP contribution in [0.15, 0.2) is 71.6 Å². The maximum Gasteiger partial charge on any atom is 0.221 e. The lowest BCUT2D eigenvalue weighted by Gasteiger charge is -2.16. The van der Waals surface area contributed by atoms with E-state index in [-0.39, 0.29) is 5.91 Å². The highest BCUT2D eigenvalue weighted by Crippen LogP contribution is 2.39. The minimum atomic E-state index is -0.111. The van der Waals surface area contributed by atoms with E-state index in [0.717, 1.165) is 32.8 Å². The molecule has 0 bridgehead atoms. The van der Waals surface area contributed by atoms with Gasteiger partial charge in [0, 0.05) is 28.1 Å². The van der Waals surface area contributed by atoms with Gasteiger partial charge in [-0.25, -0.2) is 0 Å². The Morgan fingerprint density at radius 2 is 1.54 bits per heavy atom. The third-order valence-corrected chi connectivity index (χ3v) is 4.33. The summed E-state index contributed by atoms with van der Waals surface area (Å²) in [5.41, 5.74) is 4.66. The molecule has 0 fully saturated rings. The van der Waals surface area contributed by atoms with Gasteiger partial charge in [-0.05, 0) is 41.0 Å². The summed E-state index contributed by atoms with van der Waals surface area (Å²) in [6.07, 6.45) is 0. The van der Waals surface area contributed by atoms with Gasteiger partial charge in [0.2, 0.25) is 5.91 Å². The fourth-order valence-electron chi connectivity index (χ4n) is 2.69. The third kappa shape index (κ3) is 3.48. The van der Waals surface area contributed by atoms with Crippen molar-refractivity contribution in [3.05, 3.63) is 71.8 Å². The van der Waals surface area contributed by atoms with Crippen LogP contribution in [0.4, 0.5) is 5.69 Å². The molecule has 3 aromatic rings. The Bertz CT molecular complexity index is 908. The molecule has 0 saturated carbocycles. The standard InChI is InChI=1S/C20H16ClNOS/c1-13(23)22-19-8-4-2-6-16(19)18-12-14(21)10-11-15(18)17-7-3-5-9-20(17)24/h2-12,24H,1H3,(H,22,23). The number of halogens is 1. The van der Waals surface area contributed by atoms with Crippen molar-refractivity contribution in [2.24, 2.45) is 0 Å². The molecule has 0 aromatic heterocycles. The lowest BCUT2D eigenvalue weighted by molar-refractivity contribution is -0.114. The average molecular weight is 354 g/mol. The molecule has 0 saturated heterocycles. The molecule has 0 unspecified atom stereocenters. The van der Waals surface area contributed by atoms with E-state index in [4.69, 9.17) is 11.6 Å². The van der Waals surface area contributed by atoms with Crippen LogP contribution in [0.25, 0.3) is 22.3 Å². The number of nitrogens with one attached hydrogen (secondary N) is 1. The highest BCUT2D eigenvalue weighted by atomic mass is 35.5. The van der Waals surface area contributed by atoms with Gasteiger partial charge in [-0.3, -0.25) is 4.79 Å². The fourth-order valence-corrected chi connectivity index (χ4v) is 3.15. The lowest BCUT2D eigenvalue weighted by Crippen LogP contribution is -2.07. The van der Waals surface area contributed by atoms with E-state index in [0.29, 0.717) is 5.02 Å². The van der Waals surface area contributed by atoms with Gasteiger partial charge in [-0.2, -0.15) is 0 Å². The van der Waals surface area contributed by atoms with E-state index in [2.05, 4.69) is 17.9 Å². The first kappa shape index (κ1) is 16.6. The summed E-state index contributed by atoms with van der Waals surface area (Å²) in [6.45, 7) is 1.50. The molecule has 3 aromatic carbocycles. The Morgan fingerprint density at radius 3 is 2.25 bits per heavy atom. The van der Waals surface area contributed by atoms with Crippen LogP contribution in [0, 0.1) is 0 Å². The molecule has 120 valence electrons. The van der Waals surface area contributed by atoms with Crippen molar-refractivity contribution >= 4 is 35.8 Å². The molecule has 1 N–H and O–H groups in total. The second-order valence-electron chi connectivity index (χ2n) is 5.43. The predicted molar refractivity (Wildman–Crippen MR) is 104 cm³/mol. The number of carbonyl (C=O) groups excluding carboxylic acids is 1. The minimum Gasteiger partial charge on any atom is -0.326 e. The van der Waals surface area contributed by atoms with Gasteiger partial charge in [0.15, 0.2) is 0 Å². The topological polar surface area (TPSA) is 29.1 Å². The van der Waals surface area contributed by atoms with Gasteiger partial charge in [-0.1, -0.05) is 54.1 Å². The summed E-state index contributed by atoms with van der Waals surface area (Å²) in [7, 11) is 0.